The molecule has 0 bridgehead atoms. The molecule has 0 rings (SSSR count). The summed E-state index contributed by atoms with van der Waals surface area (Å²) in [6.45, 7) is 5.62. The summed E-state index contributed by atoms with van der Waals surface area (Å²) in [6.07, 6.45) is 0.984. The number of nitrogens with one attached hydrogen (secondary N) is 1. The Hall–Kier alpha value is -1.10. The Morgan fingerprint density at radius 2 is 1.87 bits per heavy atom. The average Bonchev–Trinajstić information content (AvgIpc) is 2.13. The Kier molecular flexibility index (Phi) is 5.93. The molecule has 0 spiro atoms. The molecule has 0 aromatic rings. The van der Waals surface area contributed by atoms with Gasteiger partial charge in [-0.05, 0) is 12.8 Å². The van der Waals surface area contributed by atoms with E-state index in [1.54, 1.807) is 6.92 Å². The van der Waals surface area contributed by atoms with Crippen molar-refractivity contribution in [3.05, 3.63) is 0 Å². The van der Waals surface area contributed by atoms with Gasteiger partial charge in [-0.2, -0.15) is 0 Å². The van der Waals surface area contributed by atoms with Crippen molar-refractivity contribution in [3.8, 4) is 0 Å². The van der Waals surface area contributed by atoms with Crippen LogP contribution in [0.15, 0.2) is 0 Å². The highest BCUT2D eigenvalue weighted by Crippen LogP contribution is 2.05. The zero-order chi connectivity index (χ0) is 12.0. The third-order valence-corrected chi connectivity index (χ3v) is 2.46. The molecule has 2 amide bonds. The Morgan fingerprint density at radius 1 is 1.33 bits per heavy atom. The molecule has 0 aliphatic carbocycles. The zero-order valence-electron chi connectivity index (χ0n) is 9.62. The fourth-order valence-corrected chi connectivity index (χ4v) is 1.20. The number of hydrogen-bond donors (Lipinski definition) is 3. The summed E-state index contributed by atoms with van der Waals surface area (Å²) < 4.78 is 0. The maximum Gasteiger partial charge on any atom is 0.237 e. The summed E-state index contributed by atoms with van der Waals surface area (Å²) in [7, 11) is 0. The van der Waals surface area contributed by atoms with E-state index in [0.717, 1.165) is 6.42 Å². The number of nitrogens with two attached hydrogens (primary N) is 2. The summed E-state index contributed by atoms with van der Waals surface area (Å²) >= 11 is 0. The summed E-state index contributed by atoms with van der Waals surface area (Å²) in [4.78, 5) is 22.1. The van der Waals surface area contributed by atoms with Crippen LogP contribution in [0.1, 0.15) is 33.6 Å². The topological polar surface area (TPSA) is 98.2 Å². The van der Waals surface area contributed by atoms with E-state index in [2.05, 4.69) is 5.32 Å². The lowest BCUT2D eigenvalue weighted by Gasteiger charge is -2.20. The van der Waals surface area contributed by atoms with Crippen molar-refractivity contribution in [3.63, 3.8) is 0 Å². The summed E-state index contributed by atoms with van der Waals surface area (Å²) in [6, 6.07) is -0.782. The Labute approximate surface area is 90.6 Å². The van der Waals surface area contributed by atoms with Crippen LogP contribution in [0.25, 0.3) is 0 Å². The maximum absolute atomic E-state index is 11.5. The van der Waals surface area contributed by atoms with Crippen LogP contribution in [-0.2, 0) is 9.59 Å². The highest BCUT2D eigenvalue weighted by molar-refractivity contribution is 5.83. The molecule has 0 aliphatic heterocycles. The van der Waals surface area contributed by atoms with Gasteiger partial charge in [0.1, 0.15) is 0 Å². The lowest BCUT2D eigenvalue weighted by atomic mass is 9.99. The third-order valence-electron chi connectivity index (χ3n) is 2.46. The first-order valence-electron chi connectivity index (χ1n) is 5.22. The van der Waals surface area contributed by atoms with E-state index < -0.39 is 11.9 Å². The van der Waals surface area contributed by atoms with Crippen molar-refractivity contribution < 1.29 is 9.59 Å². The second-order valence-corrected chi connectivity index (χ2v) is 3.99. The van der Waals surface area contributed by atoms with Crippen molar-refractivity contribution in [2.75, 3.05) is 0 Å². The van der Waals surface area contributed by atoms with E-state index in [1.165, 1.54) is 0 Å². The maximum atomic E-state index is 11.5. The fraction of sp³-hybridized carbons (Fsp3) is 0.800. The van der Waals surface area contributed by atoms with Gasteiger partial charge in [-0.3, -0.25) is 9.59 Å². The predicted molar refractivity (Wildman–Crippen MR) is 58.8 cm³/mol. The van der Waals surface area contributed by atoms with E-state index >= 15 is 0 Å². The molecule has 0 aromatic heterocycles. The molecule has 0 heterocycles. The molecule has 0 aliphatic rings. The fourth-order valence-electron chi connectivity index (χ4n) is 1.20. The van der Waals surface area contributed by atoms with Crippen LogP contribution in [0.2, 0.25) is 0 Å². The van der Waals surface area contributed by atoms with Crippen molar-refractivity contribution in [2.45, 2.75) is 45.7 Å². The van der Waals surface area contributed by atoms with Crippen molar-refractivity contribution >= 4 is 11.8 Å². The molecule has 88 valence electrons. The quantitative estimate of drug-likeness (QED) is 0.569. The van der Waals surface area contributed by atoms with Gasteiger partial charge in [-0.15, -0.1) is 0 Å². The van der Waals surface area contributed by atoms with Gasteiger partial charge in [-0.25, -0.2) is 0 Å². The van der Waals surface area contributed by atoms with Gasteiger partial charge in [-0.1, -0.05) is 20.3 Å². The minimum Gasteiger partial charge on any atom is -0.370 e. The molecule has 3 atom stereocenters. The summed E-state index contributed by atoms with van der Waals surface area (Å²) in [5, 5.41) is 2.66. The third kappa shape index (κ3) is 5.37. The van der Waals surface area contributed by atoms with E-state index in [0.29, 0.717) is 0 Å². The largest absolute Gasteiger partial charge is 0.370 e. The van der Waals surface area contributed by atoms with Crippen LogP contribution >= 0.6 is 0 Å². The Morgan fingerprint density at radius 3 is 2.27 bits per heavy atom. The molecule has 5 N–H and O–H groups in total. The number of carbonyl (C=O) groups is 2. The van der Waals surface area contributed by atoms with Crippen molar-refractivity contribution in [1.82, 2.24) is 5.32 Å². The SMILES string of the molecule is CCC(C)C(N)C(=O)NC(C)CC(N)=O. The van der Waals surface area contributed by atoms with Gasteiger partial charge in [0, 0.05) is 12.5 Å². The molecule has 5 heteroatoms. The summed E-state index contributed by atoms with van der Waals surface area (Å²) in [5.41, 5.74) is 10.7. The lowest BCUT2D eigenvalue weighted by Crippen LogP contribution is -2.48. The van der Waals surface area contributed by atoms with Crippen molar-refractivity contribution in [1.29, 1.82) is 0 Å². The first-order valence-corrected chi connectivity index (χ1v) is 5.22. The second kappa shape index (κ2) is 6.40. The van der Waals surface area contributed by atoms with Crippen LogP contribution in [0, 0.1) is 5.92 Å². The molecular weight excluding hydrogens is 194 g/mol. The Balaban J connectivity index is 4.06. The predicted octanol–water partition coefficient (Wildman–Crippen LogP) is -0.260. The van der Waals surface area contributed by atoms with Crippen LogP contribution in [0.3, 0.4) is 0 Å². The van der Waals surface area contributed by atoms with Gasteiger partial charge in [0.2, 0.25) is 11.8 Å². The highest BCUT2D eigenvalue weighted by atomic mass is 16.2. The molecule has 5 nitrogen and oxygen atoms in total. The van der Waals surface area contributed by atoms with E-state index in [4.69, 9.17) is 11.5 Å². The summed E-state index contributed by atoms with van der Waals surface area (Å²) in [5.74, 6) is -0.524. The highest BCUT2D eigenvalue weighted by Gasteiger charge is 2.20. The number of carbonyl (C=O) groups excluding carboxylic acids is 2. The van der Waals surface area contributed by atoms with Crippen LogP contribution in [0.4, 0.5) is 0 Å². The molecular formula is C10H21N3O2. The van der Waals surface area contributed by atoms with E-state index in [9.17, 15) is 9.59 Å². The number of rotatable bonds is 6. The molecule has 3 unspecified atom stereocenters. The van der Waals surface area contributed by atoms with Gasteiger partial charge in [0.15, 0.2) is 0 Å². The monoisotopic (exact) mass is 215 g/mol. The van der Waals surface area contributed by atoms with Gasteiger partial charge in [0.25, 0.3) is 0 Å². The number of primary amides is 1. The zero-order valence-corrected chi connectivity index (χ0v) is 9.62. The van der Waals surface area contributed by atoms with E-state index in [-0.39, 0.29) is 24.3 Å². The average molecular weight is 215 g/mol. The standard InChI is InChI=1S/C10H21N3O2/c1-4-6(2)9(12)10(15)13-7(3)5-8(11)14/h6-7,9H,4-5,12H2,1-3H3,(H2,11,14)(H,13,15). The van der Waals surface area contributed by atoms with Gasteiger partial charge in [0.05, 0.1) is 6.04 Å². The minimum absolute atomic E-state index is 0.130. The minimum atomic E-state index is -0.523. The van der Waals surface area contributed by atoms with Gasteiger partial charge < -0.3 is 16.8 Å². The smallest absolute Gasteiger partial charge is 0.237 e. The first-order chi connectivity index (χ1) is 6.88. The van der Waals surface area contributed by atoms with E-state index in [1.807, 2.05) is 13.8 Å². The molecule has 0 fully saturated rings. The molecule has 0 saturated heterocycles. The molecule has 0 radical (unpaired) electrons. The van der Waals surface area contributed by atoms with Crippen LogP contribution in [-0.4, -0.2) is 23.9 Å². The van der Waals surface area contributed by atoms with Crippen LogP contribution < -0.4 is 16.8 Å². The normalized spacial score (nSPS) is 16.5. The molecule has 15 heavy (non-hydrogen) atoms. The van der Waals surface area contributed by atoms with Crippen LogP contribution in [0.5, 0.6) is 0 Å². The second-order valence-electron chi connectivity index (χ2n) is 3.99. The lowest BCUT2D eigenvalue weighted by molar-refractivity contribution is -0.124. The first kappa shape index (κ1) is 13.9. The van der Waals surface area contributed by atoms with Crippen molar-refractivity contribution in [2.24, 2.45) is 17.4 Å². The Bertz CT molecular complexity index is 231. The number of hydrogen-bond acceptors (Lipinski definition) is 3. The van der Waals surface area contributed by atoms with Gasteiger partial charge >= 0.3 is 0 Å². The molecule has 0 aromatic carbocycles. The number of amides is 2. The molecule has 0 saturated carbocycles.